The first-order valence-electron chi connectivity index (χ1n) is 5.56. The summed E-state index contributed by atoms with van der Waals surface area (Å²) in [6, 6.07) is 7.73. The van der Waals surface area contributed by atoms with E-state index in [1.165, 1.54) is 0 Å². The molecule has 1 unspecified atom stereocenters. The van der Waals surface area contributed by atoms with Gasteiger partial charge >= 0.3 is 0 Å². The molecule has 18 heavy (non-hydrogen) atoms. The summed E-state index contributed by atoms with van der Waals surface area (Å²) in [5, 5.41) is 0. The second-order valence-corrected chi connectivity index (χ2v) is 5.90. The maximum absolute atomic E-state index is 6.61. The molecule has 0 heterocycles. The molecule has 0 saturated carbocycles. The van der Waals surface area contributed by atoms with Crippen molar-refractivity contribution in [1.29, 1.82) is 0 Å². The molecular formula is C14H13Cl3O. The summed E-state index contributed by atoms with van der Waals surface area (Å²) in [6.45, 7) is 0. The Bertz CT molecular complexity index is 476. The molecule has 2 rings (SSSR count). The van der Waals surface area contributed by atoms with Gasteiger partial charge in [0, 0.05) is 0 Å². The lowest BCUT2D eigenvalue weighted by Gasteiger charge is -2.26. The zero-order valence-electron chi connectivity index (χ0n) is 9.87. The van der Waals surface area contributed by atoms with Crippen molar-refractivity contribution in [3.05, 3.63) is 53.6 Å². The van der Waals surface area contributed by atoms with E-state index in [2.05, 4.69) is 0 Å². The average Bonchev–Trinajstić information content (AvgIpc) is 2.39. The Balaban J connectivity index is 2.21. The van der Waals surface area contributed by atoms with Gasteiger partial charge in [-0.2, -0.15) is 0 Å². The van der Waals surface area contributed by atoms with Crippen LogP contribution in [0.5, 0.6) is 5.75 Å². The van der Waals surface area contributed by atoms with E-state index in [0.717, 1.165) is 16.9 Å². The van der Waals surface area contributed by atoms with E-state index in [1.807, 2.05) is 42.5 Å². The van der Waals surface area contributed by atoms with Crippen molar-refractivity contribution in [1.82, 2.24) is 0 Å². The first kappa shape index (κ1) is 13.8. The van der Waals surface area contributed by atoms with Gasteiger partial charge in [-0.05, 0) is 29.7 Å². The molecule has 1 atom stereocenters. The zero-order chi connectivity index (χ0) is 13.2. The molecule has 0 saturated heterocycles. The van der Waals surface area contributed by atoms with E-state index < -0.39 is 9.71 Å². The van der Waals surface area contributed by atoms with Crippen LogP contribution in [0.4, 0.5) is 0 Å². The molecule has 1 aliphatic rings. The summed E-state index contributed by atoms with van der Waals surface area (Å²) in [4.78, 5) is -1.03. The third-order valence-corrected chi connectivity index (χ3v) is 4.00. The number of hydrogen-bond acceptors (Lipinski definition) is 1. The fourth-order valence-corrected chi connectivity index (χ4v) is 2.46. The van der Waals surface area contributed by atoms with Gasteiger partial charge in [0.25, 0.3) is 0 Å². The highest BCUT2D eigenvalue weighted by atomic mass is 35.5. The number of benzene rings is 1. The fraction of sp³-hybridized carbons (Fsp3) is 0.286. The molecule has 0 amide bonds. The quantitative estimate of drug-likeness (QED) is 0.727. The number of hydrogen-bond donors (Lipinski definition) is 0. The fourth-order valence-electron chi connectivity index (χ4n) is 1.87. The number of allylic oxidation sites excluding steroid dienone is 4. The SMILES string of the molecule is COc1ccc(C2(Cl)C=CC(C(Cl)Cl)=CC2)cc1. The average molecular weight is 304 g/mol. The minimum absolute atomic E-state index is 0.502. The van der Waals surface area contributed by atoms with Gasteiger partial charge in [0.15, 0.2) is 0 Å². The monoisotopic (exact) mass is 302 g/mol. The van der Waals surface area contributed by atoms with Gasteiger partial charge in [-0.1, -0.05) is 30.4 Å². The maximum atomic E-state index is 6.61. The molecule has 1 aliphatic carbocycles. The maximum Gasteiger partial charge on any atom is 0.132 e. The van der Waals surface area contributed by atoms with Crippen LogP contribution in [0.15, 0.2) is 48.1 Å². The third kappa shape index (κ3) is 2.85. The lowest BCUT2D eigenvalue weighted by atomic mass is 9.89. The Morgan fingerprint density at radius 1 is 1.22 bits per heavy atom. The van der Waals surface area contributed by atoms with Gasteiger partial charge < -0.3 is 4.74 Å². The molecule has 96 valence electrons. The molecule has 0 radical (unpaired) electrons. The Morgan fingerprint density at radius 3 is 2.33 bits per heavy atom. The van der Waals surface area contributed by atoms with Crippen molar-refractivity contribution in [2.75, 3.05) is 7.11 Å². The second-order valence-electron chi connectivity index (χ2n) is 4.13. The normalized spacial score (nSPS) is 23.1. The summed E-state index contributed by atoms with van der Waals surface area (Å²) in [6.07, 6.45) is 6.46. The van der Waals surface area contributed by atoms with Crippen LogP contribution >= 0.6 is 34.8 Å². The van der Waals surface area contributed by atoms with Gasteiger partial charge in [0.2, 0.25) is 0 Å². The Morgan fingerprint density at radius 2 is 1.89 bits per heavy atom. The molecule has 0 N–H and O–H groups in total. The number of methoxy groups -OCH3 is 1. The molecule has 1 aromatic rings. The highest BCUT2D eigenvalue weighted by Gasteiger charge is 2.28. The molecule has 0 bridgehead atoms. The van der Waals surface area contributed by atoms with Crippen molar-refractivity contribution in [2.45, 2.75) is 16.1 Å². The molecule has 1 aromatic carbocycles. The van der Waals surface area contributed by atoms with Crippen LogP contribution in [0, 0.1) is 0 Å². The van der Waals surface area contributed by atoms with Crippen LogP contribution in [0.25, 0.3) is 0 Å². The predicted octanol–water partition coefficient (Wildman–Crippen LogP) is 4.82. The third-order valence-electron chi connectivity index (χ3n) is 3.00. The van der Waals surface area contributed by atoms with Crippen LogP contribution in [0.1, 0.15) is 12.0 Å². The number of halogens is 3. The highest BCUT2D eigenvalue weighted by Crippen LogP contribution is 2.39. The van der Waals surface area contributed by atoms with Crippen LogP contribution in [-0.2, 0) is 4.87 Å². The highest BCUT2D eigenvalue weighted by molar-refractivity contribution is 6.46. The Labute approximate surface area is 122 Å². The van der Waals surface area contributed by atoms with Gasteiger partial charge in [-0.25, -0.2) is 0 Å². The van der Waals surface area contributed by atoms with E-state index in [9.17, 15) is 0 Å². The molecule has 0 aromatic heterocycles. The van der Waals surface area contributed by atoms with Gasteiger partial charge in [-0.3, -0.25) is 0 Å². The predicted molar refractivity (Wildman–Crippen MR) is 77.9 cm³/mol. The van der Waals surface area contributed by atoms with Gasteiger partial charge in [0.1, 0.15) is 10.6 Å². The summed E-state index contributed by atoms with van der Waals surface area (Å²) < 4.78 is 5.13. The van der Waals surface area contributed by atoms with E-state index in [1.54, 1.807) is 7.11 Å². The van der Waals surface area contributed by atoms with E-state index in [4.69, 9.17) is 39.5 Å². The molecule has 0 fully saturated rings. The summed E-state index contributed by atoms with van der Waals surface area (Å²) in [5.74, 6) is 0.816. The Hall–Kier alpha value is -0.630. The van der Waals surface area contributed by atoms with Gasteiger partial charge in [-0.15, -0.1) is 34.8 Å². The van der Waals surface area contributed by atoms with E-state index in [0.29, 0.717) is 6.42 Å². The largest absolute Gasteiger partial charge is 0.497 e. The van der Waals surface area contributed by atoms with E-state index in [-0.39, 0.29) is 0 Å². The van der Waals surface area contributed by atoms with Crippen LogP contribution in [-0.4, -0.2) is 11.9 Å². The van der Waals surface area contributed by atoms with Crippen LogP contribution < -0.4 is 4.74 Å². The topological polar surface area (TPSA) is 9.23 Å². The molecular weight excluding hydrogens is 291 g/mol. The molecule has 4 heteroatoms. The smallest absolute Gasteiger partial charge is 0.132 e. The van der Waals surface area contributed by atoms with Crippen molar-refractivity contribution in [3.63, 3.8) is 0 Å². The molecule has 0 spiro atoms. The van der Waals surface area contributed by atoms with E-state index >= 15 is 0 Å². The van der Waals surface area contributed by atoms with Crippen molar-refractivity contribution < 1.29 is 4.74 Å². The number of rotatable bonds is 3. The summed E-state index contributed by atoms with van der Waals surface area (Å²) in [5.41, 5.74) is 1.92. The lowest BCUT2D eigenvalue weighted by Crippen LogP contribution is -2.18. The lowest BCUT2D eigenvalue weighted by molar-refractivity contribution is 0.414. The van der Waals surface area contributed by atoms with Crippen molar-refractivity contribution >= 4 is 34.8 Å². The summed E-state index contributed by atoms with van der Waals surface area (Å²) in [7, 11) is 1.64. The minimum Gasteiger partial charge on any atom is -0.497 e. The zero-order valence-corrected chi connectivity index (χ0v) is 12.1. The van der Waals surface area contributed by atoms with Crippen molar-refractivity contribution in [2.24, 2.45) is 0 Å². The number of alkyl halides is 3. The number of ether oxygens (including phenoxy) is 1. The summed E-state index contributed by atoms with van der Waals surface area (Å²) >= 11 is 18.3. The molecule has 1 nitrogen and oxygen atoms in total. The van der Waals surface area contributed by atoms with Crippen molar-refractivity contribution in [3.8, 4) is 5.75 Å². The first-order chi connectivity index (χ1) is 8.55. The first-order valence-corrected chi connectivity index (χ1v) is 6.81. The second kappa shape index (κ2) is 5.56. The Kier molecular flexibility index (Phi) is 4.26. The van der Waals surface area contributed by atoms with Crippen LogP contribution in [0.3, 0.4) is 0 Å². The molecule has 0 aliphatic heterocycles. The standard InChI is InChI=1S/C14H13Cl3O/c1-18-12-4-2-11(3-5-12)14(17)8-6-10(7-9-14)13(15)16/h2-8,13H,9H2,1H3. The minimum atomic E-state index is -0.529. The van der Waals surface area contributed by atoms with Gasteiger partial charge in [0.05, 0.1) is 12.0 Å². The van der Waals surface area contributed by atoms with Crippen LogP contribution in [0.2, 0.25) is 0 Å².